The lowest BCUT2D eigenvalue weighted by atomic mass is 10.1. The van der Waals surface area contributed by atoms with Gasteiger partial charge < -0.3 is 19.9 Å². The Labute approximate surface area is 212 Å². The Balaban J connectivity index is 1.43. The molecule has 5 rings (SSSR count). The molecule has 0 aliphatic heterocycles. The minimum Gasteiger partial charge on any atom is -0.478 e. The quantitative estimate of drug-likeness (QED) is 0.236. The van der Waals surface area contributed by atoms with Crippen LogP contribution in [0.15, 0.2) is 108 Å². The van der Waals surface area contributed by atoms with E-state index >= 15 is 0 Å². The lowest BCUT2D eigenvalue weighted by Crippen LogP contribution is -2.20. The van der Waals surface area contributed by atoms with E-state index in [0.29, 0.717) is 16.5 Å². The van der Waals surface area contributed by atoms with E-state index in [9.17, 15) is 23.1 Å². The van der Waals surface area contributed by atoms with Crippen LogP contribution in [-0.2, 0) is 10.1 Å². The molecule has 0 aliphatic carbocycles. The maximum atomic E-state index is 13.2. The van der Waals surface area contributed by atoms with Crippen LogP contribution in [0, 0.1) is 0 Å². The molecule has 0 heterocycles. The summed E-state index contributed by atoms with van der Waals surface area (Å²) in [4.78, 5) is 24.4. The fraction of sp³-hybridized carbons (Fsp3) is 0. The minimum absolute atomic E-state index is 0.103. The summed E-state index contributed by atoms with van der Waals surface area (Å²) < 4.78 is 31.7. The van der Waals surface area contributed by atoms with Crippen molar-refractivity contribution in [2.24, 2.45) is 0 Å². The number of aromatic carboxylic acids is 1. The van der Waals surface area contributed by atoms with E-state index in [1.807, 2.05) is 36.4 Å². The lowest BCUT2D eigenvalue weighted by Gasteiger charge is -2.14. The van der Waals surface area contributed by atoms with Crippen molar-refractivity contribution in [3.05, 3.63) is 109 Å². The van der Waals surface area contributed by atoms with Crippen molar-refractivity contribution < 1.29 is 27.3 Å². The number of carboxylic acids is 1. The fourth-order valence-electron chi connectivity index (χ4n) is 4.04. The number of hydrogen-bond donors (Lipinski definition) is 3. The molecule has 0 radical (unpaired) electrons. The number of benzene rings is 5. The number of rotatable bonds is 6. The van der Waals surface area contributed by atoms with E-state index < -0.39 is 27.9 Å². The van der Waals surface area contributed by atoms with Gasteiger partial charge in [0.2, 0.25) is 0 Å². The zero-order valence-electron chi connectivity index (χ0n) is 19.2. The molecule has 0 atom stereocenters. The molecule has 2 amide bonds. The first-order valence-electron chi connectivity index (χ1n) is 11.2. The molecule has 8 nitrogen and oxygen atoms in total. The number of nitrogens with one attached hydrogen (secondary N) is 2. The van der Waals surface area contributed by atoms with Crippen LogP contribution in [0.25, 0.3) is 21.5 Å². The SMILES string of the molecule is O=C(Nc1ccc(C(=O)O)c(OS(=O)(=O)c2cccc3ccccc23)c1)Nc1cccc2ccccc12. The maximum Gasteiger partial charge on any atom is 0.339 e. The summed E-state index contributed by atoms with van der Waals surface area (Å²) in [5.41, 5.74) is 0.349. The van der Waals surface area contributed by atoms with Gasteiger partial charge in [0.05, 0.1) is 5.69 Å². The monoisotopic (exact) mass is 512 g/mol. The van der Waals surface area contributed by atoms with Crippen LogP contribution in [0.1, 0.15) is 10.4 Å². The average molecular weight is 513 g/mol. The highest BCUT2D eigenvalue weighted by Crippen LogP contribution is 2.30. The Morgan fingerprint density at radius 2 is 1.32 bits per heavy atom. The summed E-state index contributed by atoms with van der Waals surface area (Å²) in [6.07, 6.45) is 0. The Kier molecular flexibility index (Phi) is 6.21. The van der Waals surface area contributed by atoms with Crippen LogP contribution in [0.3, 0.4) is 0 Å². The van der Waals surface area contributed by atoms with Crippen LogP contribution in [-0.4, -0.2) is 25.5 Å². The molecule has 5 aromatic rings. The molecule has 0 bridgehead atoms. The van der Waals surface area contributed by atoms with Gasteiger partial charge in [-0.1, -0.05) is 72.8 Å². The first-order valence-corrected chi connectivity index (χ1v) is 12.6. The first-order chi connectivity index (χ1) is 17.8. The molecule has 0 unspecified atom stereocenters. The molecule has 0 fully saturated rings. The molecule has 9 heteroatoms. The lowest BCUT2D eigenvalue weighted by molar-refractivity contribution is 0.0695. The summed E-state index contributed by atoms with van der Waals surface area (Å²) >= 11 is 0. The third kappa shape index (κ3) is 4.93. The number of hydrogen-bond acceptors (Lipinski definition) is 5. The highest BCUT2D eigenvalue weighted by Gasteiger charge is 2.23. The van der Waals surface area contributed by atoms with Gasteiger partial charge in [0, 0.05) is 22.5 Å². The molecule has 3 N–H and O–H groups in total. The summed E-state index contributed by atoms with van der Waals surface area (Å²) in [6, 6.07) is 27.7. The highest BCUT2D eigenvalue weighted by molar-refractivity contribution is 7.87. The van der Waals surface area contributed by atoms with Gasteiger partial charge in [-0.3, -0.25) is 0 Å². The van der Waals surface area contributed by atoms with E-state index in [-0.39, 0.29) is 16.1 Å². The number of urea groups is 1. The summed E-state index contributed by atoms with van der Waals surface area (Å²) in [7, 11) is -4.41. The Hall–Kier alpha value is -4.89. The van der Waals surface area contributed by atoms with Gasteiger partial charge >= 0.3 is 22.1 Å². The summed E-state index contributed by atoms with van der Waals surface area (Å²) in [6.45, 7) is 0. The van der Waals surface area contributed by atoms with E-state index in [4.69, 9.17) is 4.18 Å². The number of carbonyl (C=O) groups excluding carboxylic acids is 1. The van der Waals surface area contributed by atoms with Crippen LogP contribution in [0.5, 0.6) is 5.75 Å². The van der Waals surface area contributed by atoms with E-state index in [1.54, 1.807) is 42.5 Å². The summed E-state index contributed by atoms with van der Waals surface area (Å²) in [5.74, 6) is -1.81. The van der Waals surface area contributed by atoms with Crippen LogP contribution < -0.4 is 14.8 Å². The first kappa shape index (κ1) is 23.8. The standard InChI is InChI=1S/C28H20N2O6S/c31-27(32)23-16-15-20(29-28(33)30-24-13-5-9-18-7-1-3-11-21(18)24)17-25(23)36-37(34,35)26-14-6-10-19-8-2-4-12-22(19)26/h1-17H,(H,31,32)(H2,29,30,33). The third-order valence-corrected chi connectivity index (χ3v) is 7.02. The van der Waals surface area contributed by atoms with Crippen molar-refractivity contribution in [1.82, 2.24) is 0 Å². The molecule has 5 aromatic carbocycles. The Morgan fingerprint density at radius 1 is 0.703 bits per heavy atom. The minimum atomic E-state index is -4.41. The van der Waals surface area contributed by atoms with Crippen LogP contribution in [0.4, 0.5) is 16.2 Å². The van der Waals surface area contributed by atoms with Gasteiger partial charge in [0.15, 0.2) is 5.75 Å². The Bertz CT molecular complexity index is 1770. The van der Waals surface area contributed by atoms with Gasteiger partial charge in [-0.05, 0) is 35.0 Å². The zero-order valence-corrected chi connectivity index (χ0v) is 20.0. The van der Waals surface area contributed by atoms with E-state index in [2.05, 4.69) is 10.6 Å². The van der Waals surface area contributed by atoms with Gasteiger partial charge in [0.1, 0.15) is 10.5 Å². The molecule has 0 aromatic heterocycles. The third-order valence-electron chi connectivity index (χ3n) is 5.73. The molecule has 0 spiro atoms. The second-order valence-corrected chi connectivity index (χ2v) is 9.65. The molecular weight excluding hydrogens is 492 g/mol. The van der Waals surface area contributed by atoms with Crippen molar-refractivity contribution in [1.29, 1.82) is 0 Å². The van der Waals surface area contributed by atoms with Crippen molar-refractivity contribution >= 4 is 55.0 Å². The molecule has 0 saturated heterocycles. The smallest absolute Gasteiger partial charge is 0.339 e. The summed E-state index contributed by atoms with van der Waals surface area (Å²) in [5, 5.41) is 17.9. The fourth-order valence-corrected chi connectivity index (χ4v) is 5.21. The predicted octanol–water partition coefficient (Wildman–Crippen LogP) is 6.10. The predicted molar refractivity (Wildman–Crippen MR) is 142 cm³/mol. The van der Waals surface area contributed by atoms with Crippen molar-refractivity contribution in [3.8, 4) is 5.75 Å². The second kappa shape index (κ2) is 9.63. The van der Waals surface area contributed by atoms with E-state index in [0.717, 1.165) is 16.8 Å². The molecule has 0 saturated carbocycles. The Morgan fingerprint density at radius 3 is 2.05 bits per heavy atom. The molecular formula is C28H20N2O6S. The molecule has 184 valence electrons. The maximum absolute atomic E-state index is 13.2. The van der Waals surface area contributed by atoms with Crippen molar-refractivity contribution in [3.63, 3.8) is 0 Å². The van der Waals surface area contributed by atoms with Gasteiger partial charge in [-0.15, -0.1) is 0 Å². The van der Waals surface area contributed by atoms with Gasteiger partial charge in [-0.25, -0.2) is 9.59 Å². The number of carboxylic acid groups (broad SMARTS) is 1. The van der Waals surface area contributed by atoms with Crippen molar-refractivity contribution in [2.45, 2.75) is 4.90 Å². The van der Waals surface area contributed by atoms with Crippen LogP contribution in [0.2, 0.25) is 0 Å². The van der Waals surface area contributed by atoms with Crippen molar-refractivity contribution in [2.75, 3.05) is 10.6 Å². The number of anilines is 2. The normalized spacial score (nSPS) is 11.2. The van der Waals surface area contributed by atoms with Gasteiger partial charge in [-0.2, -0.15) is 8.42 Å². The highest BCUT2D eigenvalue weighted by atomic mass is 32.2. The number of amides is 2. The number of carbonyl (C=O) groups is 2. The molecule has 0 aliphatic rings. The topological polar surface area (TPSA) is 122 Å². The van der Waals surface area contributed by atoms with Gasteiger partial charge in [0.25, 0.3) is 0 Å². The second-order valence-electron chi connectivity index (χ2n) is 8.14. The van der Waals surface area contributed by atoms with Crippen LogP contribution >= 0.6 is 0 Å². The molecule has 37 heavy (non-hydrogen) atoms. The average Bonchev–Trinajstić information content (AvgIpc) is 2.88. The number of fused-ring (bicyclic) bond motifs is 2. The largest absolute Gasteiger partial charge is 0.478 e. The zero-order chi connectivity index (χ0) is 26.0. The van der Waals surface area contributed by atoms with E-state index in [1.165, 1.54) is 18.2 Å².